The monoisotopic (exact) mass is 318 g/mol. The van der Waals surface area contributed by atoms with Crippen molar-refractivity contribution in [1.82, 2.24) is 5.16 Å². The first kappa shape index (κ1) is 15.1. The number of anilines is 1. The summed E-state index contributed by atoms with van der Waals surface area (Å²) in [4.78, 5) is 11.8. The number of rotatable bonds is 3. The molecule has 1 aliphatic rings. The molecule has 3 rings (SSSR count). The van der Waals surface area contributed by atoms with Crippen molar-refractivity contribution in [3.05, 3.63) is 35.0 Å². The van der Waals surface area contributed by atoms with Crippen molar-refractivity contribution in [3.63, 3.8) is 0 Å². The Labute approximate surface area is 134 Å². The molecule has 0 radical (unpaired) electrons. The fraction of sp³-hybridized carbons (Fsp3) is 0.412. The van der Waals surface area contributed by atoms with Gasteiger partial charge in [0, 0.05) is 16.8 Å². The van der Waals surface area contributed by atoms with Crippen LogP contribution in [0.15, 0.2) is 22.7 Å². The first-order valence-electron chi connectivity index (χ1n) is 7.59. The van der Waals surface area contributed by atoms with Gasteiger partial charge in [-0.2, -0.15) is 0 Å². The quantitative estimate of drug-likeness (QED) is 0.867. The summed E-state index contributed by atoms with van der Waals surface area (Å²) < 4.78 is 5.56. The van der Waals surface area contributed by atoms with Gasteiger partial charge in [0.1, 0.15) is 5.38 Å². The molecule has 0 bridgehead atoms. The molecule has 116 valence electrons. The van der Waals surface area contributed by atoms with Gasteiger partial charge in [-0.15, -0.1) is 11.6 Å². The first-order chi connectivity index (χ1) is 10.6. The lowest BCUT2D eigenvalue weighted by Gasteiger charge is -2.12. The Morgan fingerprint density at radius 1 is 1.36 bits per heavy atom. The third kappa shape index (κ3) is 2.88. The molecule has 2 aromatic rings. The topological polar surface area (TPSA) is 55.1 Å². The molecule has 22 heavy (non-hydrogen) atoms. The van der Waals surface area contributed by atoms with E-state index in [0.29, 0.717) is 0 Å². The van der Waals surface area contributed by atoms with Crippen LogP contribution in [0.4, 0.5) is 5.69 Å². The summed E-state index contributed by atoms with van der Waals surface area (Å²) in [6.45, 7) is 3.61. The van der Waals surface area contributed by atoms with Gasteiger partial charge in [0.25, 0.3) is 0 Å². The van der Waals surface area contributed by atoms with Crippen molar-refractivity contribution < 1.29 is 9.32 Å². The highest BCUT2D eigenvalue weighted by Gasteiger charge is 2.21. The summed E-state index contributed by atoms with van der Waals surface area (Å²) in [7, 11) is 0. The second-order valence-corrected chi connectivity index (χ2v) is 6.43. The predicted molar refractivity (Wildman–Crippen MR) is 87.3 cm³/mol. The van der Waals surface area contributed by atoms with Gasteiger partial charge in [-0.3, -0.25) is 4.79 Å². The standard InChI is InChI=1S/C17H19ClN2O2/c1-10-7-8-12(9-15(10)19-17(21)11(2)18)16-13-5-3-4-6-14(13)20-22-16/h7-9,11H,3-6H2,1-2H3,(H,19,21). The van der Waals surface area contributed by atoms with E-state index in [1.807, 2.05) is 25.1 Å². The summed E-state index contributed by atoms with van der Waals surface area (Å²) in [5.74, 6) is 0.616. The smallest absolute Gasteiger partial charge is 0.242 e. The van der Waals surface area contributed by atoms with E-state index >= 15 is 0 Å². The van der Waals surface area contributed by atoms with Crippen molar-refractivity contribution in [2.24, 2.45) is 0 Å². The number of hydrogen-bond donors (Lipinski definition) is 1. The first-order valence-corrected chi connectivity index (χ1v) is 8.03. The number of amides is 1. The number of carbonyl (C=O) groups excluding carboxylic acids is 1. The molecule has 0 saturated heterocycles. The van der Waals surface area contributed by atoms with E-state index in [9.17, 15) is 4.79 Å². The number of aromatic nitrogens is 1. The second kappa shape index (κ2) is 6.13. The van der Waals surface area contributed by atoms with E-state index < -0.39 is 5.38 Å². The fourth-order valence-electron chi connectivity index (χ4n) is 2.75. The summed E-state index contributed by atoms with van der Waals surface area (Å²) in [5.41, 5.74) is 4.97. The highest BCUT2D eigenvalue weighted by atomic mass is 35.5. The number of benzene rings is 1. The van der Waals surface area contributed by atoms with Gasteiger partial charge in [-0.1, -0.05) is 17.3 Å². The summed E-state index contributed by atoms with van der Waals surface area (Å²) in [6, 6.07) is 5.91. The summed E-state index contributed by atoms with van der Waals surface area (Å²) in [6.07, 6.45) is 4.32. The molecule has 0 saturated carbocycles. The Morgan fingerprint density at radius 2 is 2.14 bits per heavy atom. The lowest BCUT2D eigenvalue weighted by molar-refractivity contribution is -0.115. The molecule has 0 fully saturated rings. The number of fused-ring (bicyclic) bond motifs is 1. The zero-order valence-corrected chi connectivity index (χ0v) is 13.5. The Balaban J connectivity index is 1.95. The molecular formula is C17H19ClN2O2. The molecule has 1 heterocycles. The largest absolute Gasteiger partial charge is 0.356 e. The zero-order chi connectivity index (χ0) is 15.7. The van der Waals surface area contributed by atoms with E-state index in [2.05, 4.69) is 10.5 Å². The maximum absolute atomic E-state index is 11.8. The number of nitrogens with one attached hydrogen (secondary N) is 1. The number of halogens is 1. The van der Waals surface area contributed by atoms with E-state index in [-0.39, 0.29) is 5.91 Å². The fourth-order valence-corrected chi connectivity index (χ4v) is 2.80. The predicted octanol–water partition coefficient (Wildman–Crippen LogP) is 4.09. The molecule has 1 unspecified atom stereocenters. The molecule has 5 heteroatoms. The van der Waals surface area contributed by atoms with E-state index in [1.165, 1.54) is 18.4 Å². The molecule has 1 aromatic heterocycles. The minimum atomic E-state index is -0.568. The molecule has 0 spiro atoms. The van der Waals surface area contributed by atoms with E-state index in [1.54, 1.807) is 6.92 Å². The second-order valence-electron chi connectivity index (χ2n) is 5.78. The number of nitrogens with zero attached hydrogens (tertiary/aromatic N) is 1. The lowest BCUT2D eigenvalue weighted by Crippen LogP contribution is -2.20. The van der Waals surface area contributed by atoms with Gasteiger partial charge in [-0.25, -0.2) is 0 Å². The van der Waals surface area contributed by atoms with Crippen LogP contribution in [0.25, 0.3) is 11.3 Å². The van der Waals surface area contributed by atoms with Crippen LogP contribution in [0.1, 0.15) is 36.6 Å². The van der Waals surface area contributed by atoms with Crippen LogP contribution in [0.5, 0.6) is 0 Å². The van der Waals surface area contributed by atoms with Crippen LogP contribution in [0.3, 0.4) is 0 Å². The number of aryl methyl sites for hydroxylation is 2. The minimum absolute atomic E-state index is 0.207. The Morgan fingerprint density at radius 3 is 2.91 bits per heavy atom. The lowest BCUT2D eigenvalue weighted by atomic mass is 9.93. The number of carbonyl (C=O) groups is 1. The molecule has 0 aliphatic heterocycles. The van der Waals surface area contributed by atoms with Crippen LogP contribution >= 0.6 is 11.6 Å². The average molecular weight is 319 g/mol. The van der Waals surface area contributed by atoms with Gasteiger partial charge in [-0.05, 0) is 51.2 Å². The maximum Gasteiger partial charge on any atom is 0.242 e. The van der Waals surface area contributed by atoms with Gasteiger partial charge in [0.2, 0.25) is 5.91 Å². The van der Waals surface area contributed by atoms with Crippen molar-refractivity contribution >= 4 is 23.2 Å². The highest BCUT2D eigenvalue weighted by Crippen LogP contribution is 2.33. The Kier molecular flexibility index (Phi) is 4.21. The van der Waals surface area contributed by atoms with Crippen molar-refractivity contribution in [1.29, 1.82) is 0 Å². The van der Waals surface area contributed by atoms with Gasteiger partial charge in [0.15, 0.2) is 5.76 Å². The Hall–Kier alpha value is -1.81. The third-order valence-electron chi connectivity index (χ3n) is 4.08. The van der Waals surface area contributed by atoms with Crippen LogP contribution in [-0.2, 0) is 17.6 Å². The van der Waals surface area contributed by atoms with E-state index in [4.69, 9.17) is 16.1 Å². The van der Waals surface area contributed by atoms with Crippen LogP contribution in [-0.4, -0.2) is 16.4 Å². The van der Waals surface area contributed by atoms with E-state index in [0.717, 1.165) is 41.1 Å². The number of hydrogen-bond acceptors (Lipinski definition) is 3. The van der Waals surface area contributed by atoms with Gasteiger partial charge >= 0.3 is 0 Å². The maximum atomic E-state index is 11.8. The van der Waals surface area contributed by atoms with Crippen molar-refractivity contribution in [2.45, 2.75) is 44.9 Å². The molecule has 1 atom stereocenters. The van der Waals surface area contributed by atoms with Gasteiger partial charge < -0.3 is 9.84 Å². The summed E-state index contributed by atoms with van der Waals surface area (Å²) >= 11 is 5.82. The molecule has 1 aliphatic carbocycles. The Bertz CT molecular complexity index is 707. The molecule has 1 aromatic carbocycles. The van der Waals surface area contributed by atoms with Crippen LogP contribution in [0, 0.1) is 6.92 Å². The van der Waals surface area contributed by atoms with Crippen molar-refractivity contribution in [3.8, 4) is 11.3 Å². The summed E-state index contributed by atoms with van der Waals surface area (Å²) in [5, 5.41) is 6.48. The molecule has 1 N–H and O–H groups in total. The average Bonchev–Trinajstić information content (AvgIpc) is 2.93. The molecule has 1 amide bonds. The third-order valence-corrected chi connectivity index (χ3v) is 4.28. The minimum Gasteiger partial charge on any atom is -0.356 e. The SMILES string of the molecule is Cc1ccc(-c2onc3c2CCCC3)cc1NC(=O)C(C)Cl. The highest BCUT2D eigenvalue weighted by molar-refractivity contribution is 6.32. The van der Waals surface area contributed by atoms with Gasteiger partial charge in [0.05, 0.1) is 5.69 Å². The number of alkyl halides is 1. The molecular weight excluding hydrogens is 300 g/mol. The van der Waals surface area contributed by atoms with Crippen LogP contribution in [0.2, 0.25) is 0 Å². The molecule has 4 nitrogen and oxygen atoms in total. The van der Waals surface area contributed by atoms with Crippen LogP contribution < -0.4 is 5.32 Å². The normalized spacial score (nSPS) is 15.2. The van der Waals surface area contributed by atoms with Crippen molar-refractivity contribution in [2.75, 3.05) is 5.32 Å². The zero-order valence-electron chi connectivity index (χ0n) is 12.8.